The van der Waals surface area contributed by atoms with Crippen molar-refractivity contribution in [3.05, 3.63) is 62.7 Å². The molecule has 0 radical (unpaired) electrons. The third-order valence-electron chi connectivity index (χ3n) is 4.74. The van der Waals surface area contributed by atoms with Crippen molar-refractivity contribution in [2.45, 2.75) is 19.4 Å². The Hall–Kier alpha value is -2.64. The van der Waals surface area contributed by atoms with Gasteiger partial charge in [0.1, 0.15) is 11.3 Å². The highest BCUT2D eigenvalue weighted by molar-refractivity contribution is 6.31. The molecule has 1 fully saturated rings. The number of aryl methyl sites for hydroxylation is 1. The number of fused-ring (bicyclic) bond motifs is 1. The highest BCUT2D eigenvalue weighted by Crippen LogP contribution is 2.20. The molecule has 0 spiro atoms. The van der Waals surface area contributed by atoms with Crippen molar-refractivity contribution < 1.29 is 14.1 Å². The number of aromatic amines is 1. The number of pyridine rings is 1. The second-order valence-electron chi connectivity index (χ2n) is 6.74. The van der Waals surface area contributed by atoms with Crippen molar-refractivity contribution in [1.29, 1.82) is 0 Å². The number of ether oxygens (including phenoxy) is 1. The first kappa shape index (κ1) is 17.8. The Morgan fingerprint density at radius 3 is 3.00 bits per heavy atom. The van der Waals surface area contributed by atoms with Crippen LogP contribution >= 0.6 is 11.6 Å². The predicted octanol–water partition coefficient (Wildman–Crippen LogP) is 2.47. The first-order valence-electron chi connectivity index (χ1n) is 8.63. The largest absolute Gasteiger partial charge is 0.379 e. The molecule has 27 heavy (non-hydrogen) atoms. The molecule has 1 aliphatic heterocycles. The molecule has 0 aliphatic carbocycles. The fourth-order valence-electron chi connectivity index (χ4n) is 3.34. The molecular weight excluding hydrogens is 370 g/mol. The van der Waals surface area contributed by atoms with Gasteiger partial charge in [-0.2, -0.15) is 0 Å². The highest BCUT2D eigenvalue weighted by atomic mass is 35.5. The quantitative estimate of drug-likeness (QED) is 0.716. The van der Waals surface area contributed by atoms with E-state index >= 15 is 0 Å². The number of hydrogen-bond acceptors (Lipinski definition) is 5. The Balaban J connectivity index is 1.53. The van der Waals surface area contributed by atoms with Crippen LogP contribution in [0.5, 0.6) is 0 Å². The fraction of sp³-hybridized carbons (Fsp3) is 0.316. The molecule has 2 N–H and O–H groups in total. The van der Waals surface area contributed by atoms with Crippen LogP contribution < -0.4 is 10.7 Å². The first-order chi connectivity index (χ1) is 13.0. The average molecular weight is 388 g/mol. The van der Waals surface area contributed by atoms with E-state index in [1.807, 2.05) is 13.0 Å². The Morgan fingerprint density at radius 1 is 1.37 bits per heavy atom. The van der Waals surface area contributed by atoms with E-state index in [9.17, 15) is 9.59 Å². The van der Waals surface area contributed by atoms with Crippen molar-refractivity contribution in [2.24, 2.45) is 5.92 Å². The van der Waals surface area contributed by atoms with Gasteiger partial charge in [0.15, 0.2) is 0 Å². The molecule has 0 bridgehead atoms. The molecule has 3 heterocycles. The van der Waals surface area contributed by atoms with Gasteiger partial charge in [-0.25, -0.2) is 0 Å². The molecule has 8 heteroatoms. The summed E-state index contributed by atoms with van der Waals surface area (Å²) >= 11 is 5.94. The monoisotopic (exact) mass is 387 g/mol. The molecule has 2 atom stereocenters. The van der Waals surface area contributed by atoms with Crippen LogP contribution in [0.15, 0.2) is 39.8 Å². The molecule has 0 unspecified atom stereocenters. The predicted molar refractivity (Wildman–Crippen MR) is 100 cm³/mol. The van der Waals surface area contributed by atoms with E-state index in [4.69, 9.17) is 20.9 Å². The zero-order valence-electron chi connectivity index (χ0n) is 14.6. The van der Waals surface area contributed by atoms with Crippen molar-refractivity contribution in [3.63, 3.8) is 0 Å². The van der Waals surface area contributed by atoms with Gasteiger partial charge < -0.3 is 19.6 Å². The number of carbonyl (C=O) groups excluding carboxylic acids is 1. The lowest BCUT2D eigenvalue weighted by atomic mass is 9.98. The summed E-state index contributed by atoms with van der Waals surface area (Å²) in [7, 11) is 0. The van der Waals surface area contributed by atoms with Crippen LogP contribution in [0.3, 0.4) is 0 Å². The number of aromatic nitrogens is 2. The zero-order valence-corrected chi connectivity index (χ0v) is 15.4. The van der Waals surface area contributed by atoms with E-state index in [1.165, 1.54) is 6.20 Å². The minimum Gasteiger partial charge on any atom is -0.379 e. The lowest BCUT2D eigenvalue weighted by Gasteiger charge is -2.18. The lowest BCUT2D eigenvalue weighted by Crippen LogP contribution is -2.42. The van der Waals surface area contributed by atoms with Gasteiger partial charge >= 0.3 is 0 Å². The van der Waals surface area contributed by atoms with E-state index in [-0.39, 0.29) is 23.0 Å². The van der Waals surface area contributed by atoms with Crippen LogP contribution in [0.4, 0.5) is 0 Å². The SMILES string of the molecule is Cc1cc(C[C@@H]2COC[C@@H]2NC(=O)c2c[nH]c3cc(Cl)ccc3c2=O)on1. The normalized spacial score (nSPS) is 19.5. The van der Waals surface area contributed by atoms with Crippen LogP contribution in [0.25, 0.3) is 10.9 Å². The van der Waals surface area contributed by atoms with E-state index < -0.39 is 5.91 Å². The smallest absolute Gasteiger partial charge is 0.257 e. The van der Waals surface area contributed by atoms with Gasteiger partial charge in [-0.05, 0) is 25.1 Å². The Bertz CT molecular complexity index is 1060. The number of H-pyrrole nitrogens is 1. The number of amides is 1. The highest BCUT2D eigenvalue weighted by Gasteiger charge is 2.31. The number of nitrogens with one attached hydrogen (secondary N) is 2. The minimum absolute atomic E-state index is 0.0552. The van der Waals surface area contributed by atoms with Gasteiger partial charge in [-0.1, -0.05) is 16.8 Å². The van der Waals surface area contributed by atoms with Crippen molar-refractivity contribution in [3.8, 4) is 0 Å². The van der Waals surface area contributed by atoms with Gasteiger partial charge in [0.05, 0.1) is 30.5 Å². The molecule has 3 aromatic rings. The minimum atomic E-state index is -0.428. The van der Waals surface area contributed by atoms with E-state index in [1.54, 1.807) is 18.2 Å². The summed E-state index contributed by atoms with van der Waals surface area (Å²) in [5.41, 5.74) is 1.13. The van der Waals surface area contributed by atoms with Crippen molar-refractivity contribution in [2.75, 3.05) is 13.2 Å². The summed E-state index contributed by atoms with van der Waals surface area (Å²) in [6.07, 6.45) is 2.03. The van der Waals surface area contributed by atoms with E-state index in [0.29, 0.717) is 35.6 Å². The second kappa shape index (κ2) is 7.17. The zero-order chi connectivity index (χ0) is 19.0. The van der Waals surface area contributed by atoms with Gasteiger partial charge in [-0.15, -0.1) is 0 Å². The number of nitrogens with zero attached hydrogens (tertiary/aromatic N) is 1. The Morgan fingerprint density at radius 2 is 2.22 bits per heavy atom. The van der Waals surface area contributed by atoms with Gasteiger partial charge in [0, 0.05) is 35.0 Å². The summed E-state index contributed by atoms with van der Waals surface area (Å²) < 4.78 is 10.8. The average Bonchev–Trinajstić information content (AvgIpc) is 3.24. The molecule has 1 saturated heterocycles. The second-order valence-corrected chi connectivity index (χ2v) is 7.17. The number of rotatable bonds is 4. The van der Waals surface area contributed by atoms with Crippen molar-refractivity contribution in [1.82, 2.24) is 15.5 Å². The van der Waals surface area contributed by atoms with Crippen LogP contribution in [0.2, 0.25) is 5.02 Å². The lowest BCUT2D eigenvalue weighted by molar-refractivity contribution is 0.0923. The number of carbonyl (C=O) groups is 1. The maximum atomic E-state index is 12.7. The molecule has 4 rings (SSSR count). The van der Waals surface area contributed by atoms with E-state index in [0.717, 1.165) is 11.5 Å². The molecule has 1 aromatic carbocycles. The summed E-state index contributed by atoms with van der Waals surface area (Å²) in [5.74, 6) is 0.379. The topological polar surface area (TPSA) is 97.2 Å². The van der Waals surface area contributed by atoms with Crippen LogP contribution in [-0.4, -0.2) is 35.3 Å². The molecule has 7 nitrogen and oxygen atoms in total. The molecule has 1 amide bonds. The Kier molecular flexibility index (Phi) is 4.72. The van der Waals surface area contributed by atoms with Gasteiger partial charge in [0.25, 0.3) is 5.91 Å². The Labute approximate surface area is 159 Å². The summed E-state index contributed by atoms with van der Waals surface area (Å²) in [5, 5.41) is 7.74. The first-order valence-corrected chi connectivity index (χ1v) is 9.01. The molecular formula is C19H18ClN3O4. The third-order valence-corrected chi connectivity index (χ3v) is 4.98. The summed E-state index contributed by atoms with van der Waals surface area (Å²) in [4.78, 5) is 28.3. The molecule has 1 aliphatic rings. The van der Waals surface area contributed by atoms with Crippen LogP contribution in [0, 0.1) is 12.8 Å². The van der Waals surface area contributed by atoms with Gasteiger partial charge in [0.2, 0.25) is 5.43 Å². The summed E-state index contributed by atoms with van der Waals surface area (Å²) in [6.45, 7) is 2.76. The van der Waals surface area contributed by atoms with Crippen LogP contribution in [-0.2, 0) is 11.2 Å². The number of halogens is 1. The maximum absolute atomic E-state index is 12.7. The molecule has 0 saturated carbocycles. The third kappa shape index (κ3) is 3.61. The summed E-state index contributed by atoms with van der Waals surface area (Å²) in [6, 6.07) is 6.56. The fourth-order valence-corrected chi connectivity index (χ4v) is 3.51. The number of benzene rings is 1. The van der Waals surface area contributed by atoms with Crippen molar-refractivity contribution >= 4 is 28.4 Å². The van der Waals surface area contributed by atoms with Gasteiger partial charge in [-0.3, -0.25) is 9.59 Å². The standard InChI is InChI=1S/C19H18ClN3O4/c1-10-4-13(27-23-10)5-11-8-26-9-17(11)22-19(25)15-7-21-16-6-12(20)2-3-14(16)18(15)24/h2-4,6-7,11,17H,5,8-9H2,1H3,(H,21,24)(H,22,25)/t11-,17+/m1/s1. The molecule has 140 valence electrons. The molecule has 2 aromatic heterocycles. The maximum Gasteiger partial charge on any atom is 0.257 e. The number of hydrogen-bond donors (Lipinski definition) is 2. The van der Waals surface area contributed by atoms with Crippen LogP contribution in [0.1, 0.15) is 21.8 Å². The van der Waals surface area contributed by atoms with E-state index in [2.05, 4.69) is 15.5 Å².